The Balaban J connectivity index is 2.42. The lowest BCUT2D eigenvalue weighted by Gasteiger charge is -2.10. The first-order chi connectivity index (χ1) is 9.58. The van der Waals surface area contributed by atoms with Crippen LogP contribution in [0.4, 0.5) is 5.82 Å². The highest BCUT2D eigenvalue weighted by atomic mass is 16.5. The van der Waals surface area contributed by atoms with Gasteiger partial charge in [-0.05, 0) is 37.6 Å². The van der Waals surface area contributed by atoms with Crippen LogP contribution in [0.25, 0.3) is 5.69 Å². The number of anilines is 1. The van der Waals surface area contributed by atoms with Gasteiger partial charge in [-0.2, -0.15) is 0 Å². The summed E-state index contributed by atoms with van der Waals surface area (Å²) in [7, 11) is 1.61. The normalized spacial score (nSPS) is 10.3. The van der Waals surface area contributed by atoms with Crippen molar-refractivity contribution in [3.05, 3.63) is 35.8 Å². The summed E-state index contributed by atoms with van der Waals surface area (Å²) in [4.78, 5) is 15.7. The number of methoxy groups -OCH3 is 1. The highest BCUT2D eigenvalue weighted by Gasteiger charge is 2.18. The van der Waals surface area contributed by atoms with Gasteiger partial charge in [0.15, 0.2) is 5.69 Å². The standard InChI is InChI=1S/C14H17N3O3/c1-4-20-14(18)12-13(15)17(8-16-12)11-6-5-10(19-3)7-9(11)2/h5-8H,4,15H2,1-3H3. The Morgan fingerprint density at radius 3 is 2.80 bits per heavy atom. The van der Waals surface area contributed by atoms with Crippen molar-refractivity contribution in [2.75, 3.05) is 19.5 Å². The van der Waals surface area contributed by atoms with E-state index in [0.717, 1.165) is 17.0 Å². The molecule has 2 aromatic rings. The molecule has 0 aliphatic heterocycles. The number of nitrogen functional groups attached to an aromatic ring is 1. The number of hydrogen-bond acceptors (Lipinski definition) is 5. The summed E-state index contributed by atoms with van der Waals surface area (Å²) in [6.07, 6.45) is 1.51. The molecule has 0 spiro atoms. The maximum absolute atomic E-state index is 11.7. The molecule has 0 aliphatic rings. The van der Waals surface area contributed by atoms with E-state index in [2.05, 4.69) is 4.98 Å². The van der Waals surface area contributed by atoms with Gasteiger partial charge < -0.3 is 15.2 Å². The van der Waals surface area contributed by atoms with E-state index in [1.807, 2.05) is 25.1 Å². The summed E-state index contributed by atoms with van der Waals surface area (Å²) in [5.74, 6) is 0.502. The van der Waals surface area contributed by atoms with Crippen molar-refractivity contribution in [2.45, 2.75) is 13.8 Å². The van der Waals surface area contributed by atoms with E-state index in [1.54, 1.807) is 18.6 Å². The Kier molecular flexibility index (Phi) is 3.93. The number of ether oxygens (including phenoxy) is 2. The second-order valence-corrected chi connectivity index (χ2v) is 4.22. The second-order valence-electron chi connectivity index (χ2n) is 4.22. The maximum atomic E-state index is 11.7. The third-order valence-corrected chi connectivity index (χ3v) is 2.94. The van der Waals surface area contributed by atoms with Gasteiger partial charge in [-0.15, -0.1) is 0 Å². The van der Waals surface area contributed by atoms with Gasteiger partial charge in [0.2, 0.25) is 0 Å². The van der Waals surface area contributed by atoms with Gasteiger partial charge in [0.1, 0.15) is 17.9 Å². The van der Waals surface area contributed by atoms with Crippen LogP contribution in [-0.4, -0.2) is 29.2 Å². The summed E-state index contributed by atoms with van der Waals surface area (Å²) in [6.45, 7) is 3.95. The number of benzene rings is 1. The molecule has 1 aromatic carbocycles. The number of nitrogens with zero attached hydrogens (tertiary/aromatic N) is 2. The van der Waals surface area contributed by atoms with Crippen LogP contribution in [0.2, 0.25) is 0 Å². The number of carbonyl (C=O) groups excluding carboxylic acids is 1. The van der Waals surface area contributed by atoms with E-state index in [1.165, 1.54) is 6.33 Å². The molecule has 0 saturated carbocycles. The molecule has 0 unspecified atom stereocenters. The van der Waals surface area contributed by atoms with Crippen molar-refractivity contribution in [1.29, 1.82) is 0 Å². The minimum absolute atomic E-state index is 0.127. The lowest BCUT2D eigenvalue weighted by atomic mass is 10.2. The molecule has 1 heterocycles. The smallest absolute Gasteiger partial charge is 0.360 e. The van der Waals surface area contributed by atoms with Crippen LogP contribution in [0.3, 0.4) is 0 Å². The van der Waals surface area contributed by atoms with Crippen molar-refractivity contribution < 1.29 is 14.3 Å². The third-order valence-electron chi connectivity index (χ3n) is 2.94. The van der Waals surface area contributed by atoms with E-state index in [4.69, 9.17) is 15.2 Å². The van der Waals surface area contributed by atoms with Crippen LogP contribution in [0.15, 0.2) is 24.5 Å². The summed E-state index contributed by atoms with van der Waals surface area (Å²) in [5, 5.41) is 0. The lowest BCUT2D eigenvalue weighted by molar-refractivity contribution is 0.0521. The fourth-order valence-corrected chi connectivity index (χ4v) is 1.93. The van der Waals surface area contributed by atoms with Gasteiger partial charge in [0.05, 0.1) is 19.4 Å². The molecule has 0 radical (unpaired) electrons. The van der Waals surface area contributed by atoms with Crippen molar-refractivity contribution in [1.82, 2.24) is 9.55 Å². The zero-order valence-electron chi connectivity index (χ0n) is 11.7. The average Bonchev–Trinajstić information content (AvgIpc) is 2.80. The summed E-state index contributed by atoms with van der Waals surface area (Å²) in [6, 6.07) is 5.58. The molecule has 2 rings (SSSR count). The fourth-order valence-electron chi connectivity index (χ4n) is 1.93. The van der Waals surface area contributed by atoms with Crippen LogP contribution in [-0.2, 0) is 4.74 Å². The molecule has 106 valence electrons. The van der Waals surface area contributed by atoms with Crippen molar-refractivity contribution >= 4 is 11.8 Å². The zero-order chi connectivity index (χ0) is 14.7. The first-order valence-corrected chi connectivity index (χ1v) is 6.23. The molecule has 20 heavy (non-hydrogen) atoms. The van der Waals surface area contributed by atoms with Crippen LogP contribution < -0.4 is 10.5 Å². The molecular weight excluding hydrogens is 258 g/mol. The van der Waals surface area contributed by atoms with Gasteiger partial charge in [0.25, 0.3) is 0 Å². The zero-order valence-corrected chi connectivity index (χ0v) is 11.7. The van der Waals surface area contributed by atoms with Crippen LogP contribution in [0.5, 0.6) is 5.75 Å². The first kappa shape index (κ1) is 13.9. The molecule has 0 saturated heterocycles. The third kappa shape index (κ3) is 2.45. The minimum atomic E-state index is -0.519. The predicted molar refractivity (Wildman–Crippen MR) is 75.2 cm³/mol. The number of imidazole rings is 1. The van der Waals surface area contributed by atoms with Crippen LogP contribution in [0.1, 0.15) is 23.0 Å². The van der Waals surface area contributed by atoms with Crippen molar-refractivity contribution in [2.24, 2.45) is 0 Å². The van der Waals surface area contributed by atoms with E-state index in [0.29, 0.717) is 0 Å². The highest BCUT2D eigenvalue weighted by molar-refractivity contribution is 5.92. The molecule has 0 amide bonds. The van der Waals surface area contributed by atoms with E-state index < -0.39 is 5.97 Å². The second kappa shape index (κ2) is 5.64. The number of rotatable bonds is 4. The van der Waals surface area contributed by atoms with Crippen LogP contribution >= 0.6 is 0 Å². The summed E-state index contributed by atoms with van der Waals surface area (Å²) < 4.78 is 11.7. The molecular formula is C14H17N3O3. The maximum Gasteiger partial charge on any atom is 0.360 e. The monoisotopic (exact) mass is 275 g/mol. The number of aryl methyl sites for hydroxylation is 1. The number of aromatic nitrogens is 2. The predicted octanol–water partition coefficient (Wildman–Crippen LogP) is 1.95. The number of carbonyl (C=O) groups is 1. The number of esters is 1. The van der Waals surface area contributed by atoms with E-state index in [-0.39, 0.29) is 18.1 Å². The fraction of sp³-hybridized carbons (Fsp3) is 0.286. The number of hydrogen-bond donors (Lipinski definition) is 1. The number of nitrogens with two attached hydrogens (primary N) is 1. The molecule has 0 aliphatic carbocycles. The lowest BCUT2D eigenvalue weighted by Crippen LogP contribution is -2.09. The Hall–Kier alpha value is -2.50. The molecule has 0 bridgehead atoms. The molecule has 6 heteroatoms. The topological polar surface area (TPSA) is 79.4 Å². The van der Waals surface area contributed by atoms with Gasteiger partial charge in [0, 0.05) is 0 Å². The van der Waals surface area contributed by atoms with Gasteiger partial charge >= 0.3 is 5.97 Å². The van der Waals surface area contributed by atoms with Crippen molar-refractivity contribution in [3.63, 3.8) is 0 Å². The molecule has 6 nitrogen and oxygen atoms in total. The summed E-state index contributed by atoms with van der Waals surface area (Å²) >= 11 is 0. The van der Waals surface area contributed by atoms with Gasteiger partial charge in [-0.25, -0.2) is 9.78 Å². The minimum Gasteiger partial charge on any atom is -0.497 e. The Morgan fingerprint density at radius 1 is 1.45 bits per heavy atom. The highest BCUT2D eigenvalue weighted by Crippen LogP contribution is 2.24. The van der Waals surface area contributed by atoms with E-state index >= 15 is 0 Å². The Bertz CT molecular complexity index is 635. The molecule has 2 N–H and O–H groups in total. The van der Waals surface area contributed by atoms with E-state index in [9.17, 15) is 4.79 Å². The van der Waals surface area contributed by atoms with Crippen LogP contribution in [0, 0.1) is 6.92 Å². The Labute approximate surface area is 117 Å². The first-order valence-electron chi connectivity index (χ1n) is 6.23. The molecule has 1 aromatic heterocycles. The Morgan fingerprint density at radius 2 is 2.20 bits per heavy atom. The quantitative estimate of drug-likeness (QED) is 0.863. The van der Waals surface area contributed by atoms with Crippen molar-refractivity contribution in [3.8, 4) is 11.4 Å². The van der Waals surface area contributed by atoms with Gasteiger partial charge in [-0.3, -0.25) is 4.57 Å². The average molecular weight is 275 g/mol. The molecule has 0 fully saturated rings. The molecule has 0 atom stereocenters. The summed E-state index contributed by atoms with van der Waals surface area (Å²) in [5.41, 5.74) is 7.90. The largest absolute Gasteiger partial charge is 0.497 e. The van der Waals surface area contributed by atoms with Gasteiger partial charge in [-0.1, -0.05) is 0 Å². The SMILES string of the molecule is CCOC(=O)c1ncn(-c2ccc(OC)cc2C)c1N.